The van der Waals surface area contributed by atoms with Crippen LogP contribution in [-0.2, 0) is 28.6 Å². The quantitative estimate of drug-likeness (QED) is 0.0265. The smallest absolute Gasteiger partial charge is 0.306 e. The van der Waals surface area contributed by atoms with E-state index in [0.29, 0.717) is 19.3 Å². The number of esters is 3. The predicted molar refractivity (Wildman–Crippen MR) is 251 cm³/mol. The normalized spacial score (nSPS) is 12.9. The molecule has 1 atom stereocenters. The zero-order valence-corrected chi connectivity index (χ0v) is 38.0. The topological polar surface area (TPSA) is 78.9 Å². The molecule has 0 saturated heterocycles. The van der Waals surface area contributed by atoms with Gasteiger partial charge >= 0.3 is 17.9 Å². The van der Waals surface area contributed by atoms with Gasteiger partial charge in [-0.05, 0) is 109 Å². The average molecular weight is 819 g/mol. The molecule has 6 heteroatoms. The van der Waals surface area contributed by atoms with E-state index in [2.05, 4.69) is 118 Å². The molecule has 0 amide bonds. The van der Waals surface area contributed by atoms with Gasteiger partial charge in [0.25, 0.3) is 0 Å². The molecule has 0 bridgehead atoms. The maximum atomic E-state index is 12.7. The first-order valence-corrected chi connectivity index (χ1v) is 23.7. The number of hydrogen-bond donors (Lipinski definition) is 0. The minimum atomic E-state index is -0.806. The first-order chi connectivity index (χ1) is 29.0. The average Bonchev–Trinajstić information content (AvgIpc) is 3.23. The van der Waals surface area contributed by atoms with Gasteiger partial charge in [0.2, 0.25) is 0 Å². The molecule has 0 rings (SSSR count). The number of rotatable bonds is 41. The highest BCUT2D eigenvalue weighted by atomic mass is 16.6. The summed E-state index contributed by atoms with van der Waals surface area (Å²) < 4.78 is 16.7. The molecule has 0 aliphatic rings. The second kappa shape index (κ2) is 47.0. The van der Waals surface area contributed by atoms with Crippen LogP contribution < -0.4 is 0 Å². The summed E-state index contributed by atoms with van der Waals surface area (Å²) in [4.78, 5) is 37.8. The Labute approximate surface area is 362 Å². The van der Waals surface area contributed by atoms with Crippen molar-refractivity contribution in [2.24, 2.45) is 0 Å². The lowest BCUT2D eigenvalue weighted by Gasteiger charge is -2.18. The molecule has 334 valence electrons. The molecular formula is C53H86O6. The van der Waals surface area contributed by atoms with Gasteiger partial charge in [-0.1, -0.05) is 169 Å². The van der Waals surface area contributed by atoms with Crippen LogP contribution in [0.4, 0.5) is 0 Å². The van der Waals surface area contributed by atoms with Crippen molar-refractivity contribution in [3.05, 3.63) is 97.2 Å². The van der Waals surface area contributed by atoms with E-state index in [1.54, 1.807) is 0 Å². The van der Waals surface area contributed by atoms with Crippen LogP contribution in [0, 0.1) is 0 Å². The van der Waals surface area contributed by atoms with E-state index in [0.717, 1.165) is 135 Å². The summed E-state index contributed by atoms with van der Waals surface area (Å²) >= 11 is 0. The highest BCUT2D eigenvalue weighted by molar-refractivity contribution is 5.71. The summed E-state index contributed by atoms with van der Waals surface area (Å²) in [6, 6.07) is 0. The maximum absolute atomic E-state index is 12.7. The Hall–Kier alpha value is -3.67. The lowest BCUT2D eigenvalue weighted by atomic mass is 10.1. The van der Waals surface area contributed by atoms with Crippen molar-refractivity contribution in [1.82, 2.24) is 0 Å². The van der Waals surface area contributed by atoms with E-state index >= 15 is 0 Å². The second-order valence-electron chi connectivity index (χ2n) is 15.2. The van der Waals surface area contributed by atoms with Crippen LogP contribution in [0.15, 0.2) is 97.2 Å². The van der Waals surface area contributed by atoms with Crippen LogP contribution in [0.2, 0.25) is 0 Å². The zero-order valence-electron chi connectivity index (χ0n) is 38.0. The molecule has 0 aromatic heterocycles. The Morgan fingerprint density at radius 3 is 1.08 bits per heavy atom. The fourth-order valence-corrected chi connectivity index (χ4v) is 6.01. The Kier molecular flexibility index (Phi) is 44.1. The van der Waals surface area contributed by atoms with Crippen LogP contribution in [-0.4, -0.2) is 37.2 Å². The third-order valence-corrected chi connectivity index (χ3v) is 9.55. The van der Waals surface area contributed by atoms with Crippen molar-refractivity contribution in [1.29, 1.82) is 0 Å². The number of allylic oxidation sites excluding steroid dienone is 16. The predicted octanol–water partition coefficient (Wildman–Crippen LogP) is 15.4. The van der Waals surface area contributed by atoms with Crippen molar-refractivity contribution in [2.45, 2.75) is 207 Å². The summed E-state index contributed by atoms with van der Waals surface area (Å²) in [5.74, 6) is -0.982. The van der Waals surface area contributed by atoms with E-state index in [1.807, 2.05) is 0 Å². The van der Waals surface area contributed by atoms with Gasteiger partial charge in [-0.3, -0.25) is 14.4 Å². The highest BCUT2D eigenvalue weighted by Gasteiger charge is 2.19. The molecule has 0 N–H and O–H groups in total. The third-order valence-electron chi connectivity index (χ3n) is 9.55. The molecule has 6 nitrogen and oxygen atoms in total. The minimum Gasteiger partial charge on any atom is -0.462 e. The highest BCUT2D eigenvalue weighted by Crippen LogP contribution is 2.12. The standard InChI is InChI=1S/C53H86O6/c1-4-7-10-13-16-19-22-24-26-28-31-34-37-40-43-46-52(55)58-49-50(48-57-51(54)45-42-39-36-33-30-21-18-15-12-9-6-3)59-53(56)47-44-41-38-35-32-29-27-25-23-20-17-14-11-8-5-2/h7-8,10-11,15-20,24-27,31,34,50H,4-6,9,12-14,21-23,28-30,32-33,35-49H2,1-3H3/b10-7-,11-8-,18-15-,19-16-,20-17-,26-24-,27-25-,34-31-/t50-/m0/s1. The first-order valence-electron chi connectivity index (χ1n) is 23.7. The van der Waals surface area contributed by atoms with Crippen molar-refractivity contribution in [3.63, 3.8) is 0 Å². The summed E-state index contributed by atoms with van der Waals surface area (Å²) in [6.45, 7) is 6.29. The van der Waals surface area contributed by atoms with Gasteiger partial charge < -0.3 is 14.2 Å². The fourth-order valence-electron chi connectivity index (χ4n) is 6.01. The van der Waals surface area contributed by atoms with Crippen molar-refractivity contribution in [3.8, 4) is 0 Å². The lowest BCUT2D eigenvalue weighted by Crippen LogP contribution is -2.30. The Bertz CT molecular complexity index is 1220. The van der Waals surface area contributed by atoms with Crippen LogP contribution >= 0.6 is 0 Å². The molecule has 0 heterocycles. The molecule has 0 aliphatic heterocycles. The fraction of sp³-hybridized carbons (Fsp3) is 0.642. The molecule has 0 saturated carbocycles. The molecule has 59 heavy (non-hydrogen) atoms. The SMILES string of the molecule is CC/C=C\C/C=C\C/C=C\C/C=C\CCCCC(=O)OC[C@H](COC(=O)CCCCCCC/C=C\CCCC)OC(=O)CCCCCCC/C=C\C/C=C\C/C=C\CC. The van der Waals surface area contributed by atoms with Crippen LogP contribution in [0.1, 0.15) is 201 Å². The van der Waals surface area contributed by atoms with Crippen LogP contribution in [0.3, 0.4) is 0 Å². The van der Waals surface area contributed by atoms with Crippen molar-refractivity contribution >= 4 is 17.9 Å². The minimum absolute atomic E-state index is 0.104. The summed E-state index contributed by atoms with van der Waals surface area (Å²) in [5.41, 5.74) is 0. The van der Waals surface area contributed by atoms with E-state index < -0.39 is 6.10 Å². The van der Waals surface area contributed by atoms with Gasteiger partial charge in [-0.2, -0.15) is 0 Å². The summed E-state index contributed by atoms with van der Waals surface area (Å²) in [6.07, 6.45) is 61.0. The number of hydrogen-bond acceptors (Lipinski definition) is 6. The summed E-state index contributed by atoms with van der Waals surface area (Å²) in [5, 5.41) is 0. The number of carbonyl (C=O) groups excluding carboxylic acids is 3. The molecule has 0 unspecified atom stereocenters. The Morgan fingerprint density at radius 2 is 0.661 bits per heavy atom. The van der Waals surface area contributed by atoms with E-state index in [1.165, 1.54) is 25.7 Å². The van der Waals surface area contributed by atoms with Gasteiger partial charge in [0.15, 0.2) is 6.10 Å². The van der Waals surface area contributed by atoms with Crippen molar-refractivity contribution in [2.75, 3.05) is 13.2 Å². The molecular weight excluding hydrogens is 733 g/mol. The van der Waals surface area contributed by atoms with Gasteiger partial charge in [-0.25, -0.2) is 0 Å². The van der Waals surface area contributed by atoms with E-state index in [9.17, 15) is 14.4 Å². The lowest BCUT2D eigenvalue weighted by molar-refractivity contribution is -0.167. The van der Waals surface area contributed by atoms with Crippen LogP contribution in [0.5, 0.6) is 0 Å². The van der Waals surface area contributed by atoms with Gasteiger partial charge in [0, 0.05) is 19.3 Å². The molecule has 0 aliphatic carbocycles. The molecule has 0 aromatic rings. The number of ether oxygens (including phenoxy) is 3. The van der Waals surface area contributed by atoms with E-state index in [4.69, 9.17) is 14.2 Å². The zero-order chi connectivity index (χ0) is 43.0. The molecule has 0 aromatic carbocycles. The first kappa shape index (κ1) is 55.3. The van der Waals surface area contributed by atoms with E-state index in [-0.39, 0.29) is 31.1 Å². The summed E-state index contributed by atoms with van der Waals surface area (Å²) in [7, 11) is 0. The maximum Gasteiger partial charge on any atom is 0.306 e. The Morgan fingerprint density at radius 1 is 0.356 bits per heavy atom. The molecule has 0 radical (unpaired) electrons. The largest absolute Gasteiger partial charge is 0.462 e. The van der Waals surface area contributed by atoms with Crippen LogP contribution in [0.25, 0.3) is 0 Å². The molecule has 0 fully saturated rings. The molecule has 0 spiro atoms. The van der Waals surface area contributed by atoms with Gasteiger partial charge in [0.1, 0.15) is 13.2 Å². The van der Waals surface area contributed by atoms with Crippen molar-refractivity contribution < 1.29 is 28.6 Å². The van der Waals surface area contributed by atoms with Gasteiger partial charge in [-0.15, -0.1) is 0 Å². The van der Waals surface area contributed by atoms with Gasteiger partial charge in [0.05, 0.1) is 0 Å². The monoisotopic (exact) mass is 819 g/mol. The second-order valence-corrected chi connectivity index (χ2v) is 15.2. The third kappa shape index (κ3) is 45.3. The number of carbonyl (C=O) groups is 3. The number of unbranched alkanes of at least 4 members (excludes halogenated alkanes) is 14. The Balaban J connectivity index is 4.51.